The van der Waals surface area contributed by atoms with E-state index in [1.807, 2.05) is 0 Å². The van der Waals surface area contributed by atoms with Crippen molar-refractivity contribution in [1.82, 2.24) is 0 Å². The van der Waals surface area contributed by atoms with Crippen molar-refractivity contribution in [3.05, 3.63) is 59.1 Å². The third-order valence-corrected chi connectivity index (χ3v) is 3.19. The summed E-state index contributed by atoms with van der Waals surface area (Å²) in [5, 5.41) is 0.312. The maximum absolute atomic E-state index is 13.0. The molecule has 1 amide bonds. The topological polar surface area (TPSA) is 37.4 Å². The lowest BCUT2D eigenvalue weighted by molar-refractivity contribution is -0.169. The smallest absolute Gasteiger partial charge is 0.289 e. The number of hydrogen-bond acceptors (Lipinski definition) is 2. The molecule has 0 saturated heterocycles. The Morgan fingerprint density at radius 1 is 1.08 bits per heavy atom. The van der Waals surface area contributed by atoms with E-state index in [4.69, 9.17) is 11.6 Å². The number of halogens is 4. The van der Waals surface area contributed by atoms with Crippen LogP contribution < -0.4 is 4.90 Å². The van der Waals surface area contributed by atoms with E-state index >= 15 is 0 Å². The zero-order valence-electron chi connectivity index (χ0n) is 12.0. The minimum Gasteiger partial charge on any atom is -0.289 e. The van der Waals surface area contributed by atoms with Crippen LogP contribution in [-0.4, -0.2) is 18.4 Å². The Kier molecular flexibility index (Phi) is 5.27. The first-order chi connectivity index (χ1) is 11.3. The Morgan fingerprint density at radius 2 is 1.71 bits per heavy atom. The van der Waals surface area contributed by atoms with E-state index in [1.165, 1.54) is 48.5 Å². The fourth-order valence-electron chi connectivity index (χ4n) is 1.96. The monoisotopic (exact) mass is 351 g/mol. The third-order valence-electron chi connectivity index (χ3n) is 2.94. The molecule has 0 spiro atoms. The van der Waals surface area contributed by atoms with Gasteiger partial charge in [-0.1, -0.05) is 29.7 Å². The average Bonchev–Trinajstić information content (AvgIpc) is 2.55. The highest BCUT2D eigenvalue weighted by Gasteiger charge is 2.44. The van der Waals surface area contributed by atoms with Gasteiger partial charge in [-0.05, 0) is 42.3 Å². The van der Waals surface area contributed by atoms with Crippen molar-refractivity contribution in [1.29, 1.82) is 0 Å². The quantitative estimate of drug-likeness (QED) is 0.603. The zero-order valence-corrected chi connectivity index (χ0v) is 12.7. The molecule has 0 bridgehead atoms. The summed E-state index contributed by atoms with van der Waals surface area (Å²) in [6, 6.07) is 11.0. The second-order valence-electron chi connectivity index (χ2n) is 4.52. The molecule has 0 aromatic heterocycles. The van der Waals surface area contributed by atoms with Gasteiger partial charge in [0.15, 0.2) is 6.29 Å². The molecule has 2 aromatic carbocycles. The molecule has 0 aliphatic carbocycles. The zero-order chi connectivity index (χ0) is 17.7. The molecule has 0 unspecified atom stereocenters. The first-order valence-electron chi connectivity index (χ1n) is 6.55. The molecule has 0 atom stereocenters. The van der Waals surface area contributed by atoms with E-state index in [1.54, 1.807) is 0 Å². The first-order valence-corrected chi connectivity index (χ1v) is 6.93. The predicted molar refractivity (Wildman–Crippen MR) is 84.0 cm³/mol. The molecule has 0 aliphatic rings. The van der Waals surface area contributed by atoms with Gasteiger partial charge in [0.2, 0.25) is 0 Å². The summed E-state index contributed by atoms with van der Waals surface area (Å²) in [5.74, 6) is 2.47. The summed E-state index contributed by atoms with van der Waals surface area (Å²) in [6.45, 7) is 0. The number of carbonyl (C=O) groups excluding carboxylic acids is 2. The largest absolute Gasteiger partial charge is 0.472 e. The molecule has 0 heterocycles. The van der Waals surface area contributed by atoms with Crippen molar-refractivity contribution in [3.8, 4) is 11.8 Å². The average molecular weight is 352 g/mol. The number of aldehydes is 1. The molecular weight excluding hydrogens is 343 g/mol. The van der Waals surface area contributed by atoms with Crippen LogP contribution >= 0.6 is 11.6 Å². The second kappa shape index (κ2) is 7.20. The van der Waals surface area contributed by atoms with Crippen LogP contribution in [0.15, 0.2) is 48.5 Å². The number of carbonyl (C=O) groups is 2. The van der Waals surface area contributed by atoms with E-state index < -0.39 is 12.1 Å². The van der Waals surface area contributed by atoms with Gasteiger partial charge in [-0.2, -0.15) is 13.2 Å². The van der Waals surface area contributed by atoms with E-state index in [2.05, 4.69) is 11.8 Å². The molecule has 24 heavy (non-hydrogen) atoms. The SMILES string of the molecule is O=CC#Cc1ccccc1N(C(=O)C(F)(F)F)c1ccc(Cl)cc1. The maximum Gasteiger partial charge on any atom is 0.472 e. The van der Waals surface area contributed by atoms with Crippen LogP contribution in [0.3, 0.4) is 0 Å². The molecule has 0 aliphatic heterocycles. The third kappa shape index (κ3) is 3.94. The molecule has 122 valence electrons. The second-order valence-corrected chi connectivity index (χ2v) is 4.96. The van der Waals surface area contributed by atoms with E-state index in [-0.39, 0.29) is 16.9 Å². The number of para-hydroxylation sites is 1. The summed E-state index contributed by atoms with van der Waals surface area (Å²) < 4.78 is 39.1. The van der Waals surface area contributed by atoms with Crippen molar-refractivity contribution < 1.29 is 22.8 Å². The molecule has 7 heteroatoms. The summed E-state index contributed by atoms with van der Waals surface area (Å²) in [5.41, 5.74) is -0.00396. The van der Waals surface area contributed by atoms with Crippen molar-refractivity contribution in [2.24, 2.45) is 0 Å². The van der Waals surface area contributed by atoms with Gasteiger partial charge < -0.3 is 0 Å². The minimum atomic E-state index is -5.09. The Balaban J connectivity index is 2.65. The molecule has 0 N–H and O–H groups in total. The van der Waals surface area contributed by atoms with Crippen LogP contribution in [0.4, 0.5) is 24.5 Å². The van der Waals surface area contributed by atoms with Gasteiger partial charge >= 0.3 is 12.1 Å². The van der Waals surface area contributed by atoms with E-state index in [0.717, 1.165) is 0 Å². The van der Waals surface area contributed by atoms with Crippen LogP contribution in [0.5, 0.6) is 0 Å². The standard InChI is InChI=1S/C17H9ClF3NO2/c18-13-7-9-14(10-8-13)22(16(24)17(19,20)21)15-6-2-1-4-12(15)5-3-11-23/h1-2,4,6-11H. The number of amides is 1. The number of alkyl halides is 3. The number of anilines is 2. The molecule has 2 rings (SSSR count). The Morgan fingerprint density at radius 3 is 2.29 bits per heavy atom. The molecular formula is C17H9ClF3NO2. The van der Waals surface area contributed by atoms with Gasteiger partial charge in [0.25, 0.3) is 0 Å². The van der Waals surface area contributed by atoms with Crippen LogP contribution in [0.25, 0.3) is 0 Å². The molecule has 3 nitrogen and oxygen atoms in total. The van der Waals surface area contributed by atoms with Crippen molar-refractivity contribution in [2.75, 3.05) is 4.90 Å². The lowest BCUT2D eigenvalue weighted by Crippen LogP contribution is -2.38. The van der Waals surface area contributed by atoms with Crippen LogP contribution in [0, 0.1) is 11.8 Å². The Hall–Kier alpha value is -2.78. The molecule has 0 fully saturated rings. The van der Waals surface area contributed by atoms with Crippen molar-refractivity contribution in [2.45, 2.75) is 6.18 Å². The van der Waals surface area contributed by atoms with Gasteiger partial charge in [-0.15, -0.1) is 0 Å². The molecule has 0 saturated carbocycles. The van der Waals surface area contributed by atoms with E-state index in [9.17, 15) is 22.8 Å². The van der Waals surface area contributed by atoms with Crippen LogP contribution in [0.1, 0.15) is 5.56 Å². The normalized spacial score (nSPS) is 10.5. The Labute approximate surface area is 140 Å². The summed E-state index contributed by atoms with van der Waals surface area (Å²) in [7, 11) is 0. The highest BCUT2D eigenvalue weighted by molar-refractivity contribution is 6.30. The van der Waals surface area contributed by atoms with Crippen LogP contribution in [-0.2, 0) is 9.59 Å². The fourth-order valence-corrected chi connectivity index (χ4v) is 2.09. The number of hydrogen-bond donors (Lipinski definition) is 0. The van der Waals surface area contributed by atoms with Crippen LogP contribution in [0.2, 0.25) is 5.02 Å². The summed E-state index contributed by atoms with van der Waals surface area (Å²) in [6.07, 6.45) is -4.78. The van der Waals surface area contributed by atoms with Gasteiger partial charge in [0, 0.05) is 16.3 Å². The predicted octanol–water partition coefficient (Wildman–Crippen LogP) is 4.12. The summed E-state index contributed by atoms with van der Waals surface area (Å²) >= 11 is 5.74. The van der Waals surface area contributed by atoms with Gasteiger partial charge in [-0.3, -0.25) is 14.5 Å². The Bertz CT molecular complexity index is 820. The summed E-state index contributed by atoms with van der Waals surface area (Å²) in [4.78, 5) is 22.8. The lowest BCUT2D eigenvalue weighted by Gasteiger charge is -2.25. The highest BCUT2D eigenvalue weighted by Crippen LogP contribution is 2.33. The number of nitrogens with zero attached hydrogens (tertiary/aromatic N) is 1. The van der Waals surface area contributed by atoms with E-state index in [0.29, 0.717) is 16.2 Å². The minimum absolute atomic E-state index is 0.0259. The highest BCUT2D eigenvalue weighted by atomic mass is 35.5. The number of benzene rings is 2. The fraction of sp³-hybridized carbons (Fsp3) is 0.0588. The van der Waals surface area contributed by atoms with Gasteiger partial charge in [0.1, 0.15) is 0 Å². The van der Waals surface area contributed by atoms with Crippen molar-refractivity contribution in [3.63, 3.8) is 0 Å². The maximum atomic E-state index is 13.0. The molecule has 0 radical (unpaired) electrons. The first kappa shape index (κ1) is 17.6. The lowest BCUT2D eigenvalue weighted by atomic mass is 10.1. The molecule has 2 aromatic rings. The van der Waals surface area contributed by atoms with Crippen molar-refractivity contribution >= 4 is 35.2 Å². The number of rotatable bonds is 2. The van der Waals surface area contributed by atoms with Gasteiger partial charge in [0.05, 0.1) is 5.69 Å². The van der Waals surface area contributed by atoms with Gasteiger partial charge in [-0.25, -0.2) is 0 Å².